The zero-order valence-electron chi connectivity index (χ0n) is 9.49. The molecular weight excluding hydrogens is 268 g/mol. The minimum absolute atomic E-state index is 0.838. The van der Waals surface area contributed by atoms with Gasteiger partial charge in [-0.15, -0.1) is 0 Å². The summed E-state index contributed by atoms with van der Waals surface area (Å²) in [4.78, 5) is 4.37. The van der Waals surface area contributed by atoms with Crippen molar-refractivity contribution < 1.29 is 4.74 Å². The van der Waals surface area contributed by atoms with Crippen LogP contribution in [0, 0.1) is 6.92 Å². The Labute approximate surface area is 103 Å². The van der Waals surface area contributed by atoms with E-state index in [2.05, 4.69) is 33.9 Å². The van der Waals surface area contributed by atoms with Gasteiger partial charge in [-0.3, -0.25) is 0 Å². The van der Waals surface area contributed by atoms with Gasteiger partial charge in [-0.25, -0.2) is 4.98 Å². The fourth-order valence-electron chi connectivity index (χ4n) is 1.60. The summed E-state index contributed by atoms with van der Waals surface area (Å²) in [5, 5.41) is 0. The summed E-state index contributed by atoms with van der Waals surface area (Å²) < 4.78 is 8.23. The highest BCUT2D eigenvalue weighted by atomic mass is 79.9. The second-order valence-corrected chi connectivity index (χ2v) is 4.45. The Bertz CT molecular complexity index is 520. The van der Waals surface area contributed by atoms with Crippen LogP contribution in [0.1, 0.15) is 5.56 Å². The maximum atomic E-state index is 5.35. The summed E-state index contributed by atoms with van der Waals surface area (Å²) in [6.45, 7) is 2.06. The molecule has 1 aromatic heterocycles. The SMILES string of the molecule is COc1ccc(C)cc1-c1ncn(C)c1Br. The van der Waals surface area contributed by atoms with E-state index in [0.29, 0.717) is 0 Å². The molecule has 0 bridgehead atoms. The molecule has 0 saturated heterocycles. The molecule has 84 valence electrons. The monoisotopic (exact) mass is 280 g/mol. The number of hydrogen-bond acceptors (Lipinski definition) is 2. The minimum atomic E-state index is 0.838. The van der Waals surface area contributed by atoms with Gasteiger partial charge >= 0.3 is 0 Å². The van der Waals surface area contributed by atoms with Gasteiger partial charge < -0.3 is 9.30 Å². The number of halogens is 1. The minimum Gasteiger partial charge on any atom is -0.496 e. The van der Waals surface area contributed by atoms with Crippen molar-refractivity contribution in [2.24, 2.45) is 7.05 Å². The molecule has 0 radical (unpaired) electrons. The van der Waals surface area contributed by atoms with Crippen LogP contribution in [-0.2, 0) is 7.05 Å². The molecule has 16 heavy (non-hydrogen) atoms. The Morgan fingerprint density at radius 2 is 2.12 bits per heavy atom. The number of rotatable bonds is 2. The summed E-state index contributed by atoms with van der Waals surface area (Å²) >= 11 is 3.52. The van der Waals surface area contributed by atoms with E-state index in [-0.39, 0.29) is 0 Å². The van der Waals surface area contributed by atoms with Crippen LogP contribution in [0.4, 0.5) is 0 Å². The van der Waals surface area contributed by atoms with Gasteiger partial charge in [0.05, 0.1) is 13.4 Å². The third kappa shape index (κ3) is 1.85. The molecule has 1 heterocycles. The van der Waals surface area contributed by atoms with E-state index in [1.807, 2.05) is 23.7 Å². The highest BCUT2D eigenvalue weighted by molar-refractivity contribution is 9.10. The van der Waals surface area contributed by atoms with Crippen molar-refractivity contribution in [1.82, 2.24) is 9.55 Å². The largest absolute Gasteiger partial charge is 0.496 e. The van der Waals surface area contributed by atoms with Crippen LogP contribution in [0.5, 0.6) is 5.75 Å². The zero-order valence-corrected chi connectivity index (χ0v) is 11.1. The van der Waals surface area contributed by atoms with Gasteiger partial charge in [0.15, 0.2) is 0 Å². The van der Waals surface area contributed by atoms with Gasteiger partial charge in [0.25, 0.3) is 0 Å². The Kier molecular flexibility index (Phi) is 3.01. The lowest BCUT2D eigenvalue weighted by atomic mass is 10.1. The molecule has 4 heteroatoms. The van der Waals surface area contributed by atoms with E-state index < -0.39 is 0 Å². The third-order valence-electron chi connectivity index (χ3n) is 2.48. The van der Waals surface area contributed by atoms with Crippen LogP contribution < -0.4 is 4.74 Å². The van der Waals surface area contributed by atoms with E-state index in [4.69, 9.17) is 4.74 Å². The molecule has 0 fully saturated rings. The van der Waals surface area contributed by atoms with Gasteiger partial charge in [0, 0.05) is 12.6 Å². The number of methoxy groups -OCH3 is 1. The van der Waals surface area contributed by atoms with Crippen molar-refractivity contribution in [2.45, 2.75) is 6.92 Å². The lowest BCUT2D eigenvalue weighted by molar-refractivity contribution is 0.416. The van der Waals surface area contributed by atoms with Crippen LogP contribution in [0.2, 0.25) is 0 Å². The van der Waals surface area contributed by atoms with E-state index in [1.165, 1.54) is 5.56 Å². The molecule has 0 amide bonds. The Balaban J connectivity index is 2.62. The molecule has 0 aliphatic carbocycles. The molecule has 2 rings (SSSR count). The standard InChI is InChI=1S/C12H13BrN2O/c1-8-4-5-10(16-3)9(6-8)11-12(13)15(2)7-14-11/h4-7H,1-3H3. The first-order chi connectivity index (χ1) is 7.63. The van der Waals surface area contributed by atoms with Crippen LogP contribution in [0.25, 0.3) is 11.3 Å². The van der Waals surface area contributed by atoms with Gasteiger partial charge in [0.1, 0.15) is 16.0 Å². The van der Waals surface area contributed by atoms with Crippen molar-refractivity contribution in [3.05, 3.63) is 34.7 Å². The van der Waals surface area contributed by atoms with Gasteiger partial charge in [-0.1, -0.05) is 11.6 Å². The molecule has 0 saturated carbocycles. The number of hydrogen-bond donors (Lipinski definition) is 0. The number of nitrogens with zero attached hydrogens (tertiary/aromatic N) is 2. The molecule has 0 N–H and O–H groups in total. The lowest BCUT2D eigenvalue weighted by Crippen LogP contribution is -1.90. The quantitative estimate of drug-likeness (QED) is 0.845. The number of ether oxygens (including phenoxy) is 1. The first-order valence-corrected chi connectivity index (χ1v) is 5.74. The Hall–Kier alpha value is -1.29. The second kappa shape index (κ2) is 4.29. The van der Waals surface area contributed by atoms with Crippen molar-refractivity contribution in [2.75, 3.05) is 7.11 Å². The van der Waals surface area contributed by atoms with Crippen LogP contribution in [0.3, 0.4) is 0 Å². The summed E-state index contributed by atoms with van der Waals surface area (Å²) in [5.41, 5.74) is 3.10. The summed E-state index contributed by atoms with van der Waals surface area (Å²) in [6, 6.07) is 6.07. The van der Waals surface area contributed by atoms with E-state index in [9.17, 15) is 0 Å². The van der Waals surface area contributed by atoms with Crippen LogP contribution in [-0.4, -0.2) is 16.7 Å². The highest BCUT2D eigenvalue weighted by Gasteiger charge is 2.13. The normalized spacial score (nSPS) is 10.5. The molecule has 0 aliphatic heterocycles. The molecule has 3 nitrogen and oxygen atoms in total. The topological polar surface area (TPSA) is 27.1 Å². The molecule has 0 spiro atoms. The second-order valence-electron chi connectivity index (χ2n) is 3.70. The maximum Gasteiger partial charge on any atom is 0.128 e. The molecular formula is C12H13BrN2O. The number of aryl methyl sites for hydroxylation is 2. The summed E-state index contributed by atoms with van der Waals surface area (Å²) in [5.74, 6) is 0.838. The van der Waals surface area contributed by atoms with Crippen LogP contribution >= 0.6 is 15.9 Å². The van der Waals surface area contributed by atoms with Crippen molar-refractivity contribution >= 4 is 15.9 Å². The number of aromatic nitrogens is 2. The molecule has 0 aliphatic rings. The predicted octanol–water partition coefficient (Wildman–Crippen LogP) is 3.17. The molecule has 0 atom stereocenters. The highest BCUT2D eigenvalue weighted by Crippen LogP contribution is 2.34. The molecule has 1 aromatic carbocycles. The van der Waals surface area contributed by atoms with Crippen LogP contribution in [0.15, 0.2) is 29.1 Å². The van der Waals surface area contributed by atoms with E-state index in [0.717, 1.165) is 21.6 Å². The van der Waals surface area contributed by atoms with Crippen molar-refractivity contribution in [1.29, 1.82) is 0 Å². The van der Waals surface area contributed by atoms with Crippen molar-refractivity contribution in [3.8, 4) is 17.0 Å². The summed E-state index contributed by atoms with van der Waals surface area (Å²) in [7, 11) is 3.62. The Morgan fingerprint density at radius 3 is 2.69 bits per heavy atom. The fraction of sp³-hybridized carbons (Fsp3) is 0.250. The fourth-order valence-corrected chi connectivity index (χ4v) is 2.01. The smallest absolute Gasteiger partial charge is 0.128 e. The molecule has 0 unspecified atom stereocenters. The summed E-state index contributed by atoms with van der Waals surface area (Å²) in [6.07, 6.45) is 1.78. The predicted molar refractivity (Wildman–Crippen MR) is 67.6 cm³/mol. The Morgan fingerprint density at radius 1 is 1.38 bits per heavy atom. The van der Waals surface area contributed by atoms with Gasteiger partial charge in [-0.2, -0.15) is 0 Å². The third-order valence-corrected chi connectivity index (χ3v) is 3.41. The lowest BCUT2D eigenvalue weighted by Gasteiger charge is -2.08. The number of imidazole rings is 1. The molecule has 2 aromatic rings. The average Bonchev–Trinajstić information content (AvgIpc) is 2.60. The van der Waals surface area contributed by atoms with E-state index in [1.54, 1.807) is 13.4 Å². The average molecular weight is 281 g/mol. The first kappa shape index (κ1) is 11.2. The van der Waals surface area contributed by atoms with Gasteiger partial charge in [-0.05, 0) is 35.0 Å². The van der Waals surface area contributed by atoms with E-state index >= 15 is 0 Å². The maximum absolute atomic E-state index is 5.35. The first-order valence-electron chi connectivity index (χ1n) is 4.95. The zero-order chi connectivity index (χ0) is 11.7. The number of benzene rings is 1. The van der Waals surface area contributed by atoms with Gasteiger partial charge in [0.2, 0.25) is 0 Å². The van der Waals surface area contributed by atoms with Crippen molar-refractivity contribution in [3.63, 3.8) is 0 Å².